The van der Waals surface area contributed by atoms with Gasteiger partial charge in [0.05, 0.1) is 11.5 Å². The molecule has 13 nitrogen and oxygen atoms in total. The van der Waals surface area contributed by atoms with Crippen molar-refractivity contribution in [2.24, 2.45) is 11.8 Å². The Morgan fingerprint density at radius 1 is 1.15 bits per heavy atom. The number of ether oxygens (including phenoxy) is 1. The van der Waals surface area contributed by atoms with Gasteiger partial charge in [0.2, 0.25) is 11.8 Å². The van der Waals surface area contributed by atoms with E-state index >= 15 is 0 Å². The quantitative estimate of drug-likeness (QED) is 0.129. The molecule has 2 aliphatic rings. The highest BCUT2D eigenvalue weighted by atomic mass is 32.1. The van der Waals surface area contributed by atoms with Gasteiger partial charge in [0.1, 0.15) is 16.7 Å². The fraction of sp³-hybridized carbons (Fsp3) is 0.650. The molecule has 2 aromatic rings. The first-order valence-corrected chi connectivity index (χ1v) is 20.3. The third-order valence-corrected chi connectivity index (χ3v) is 12.5. The zero-order valence-electron chi connectivity index (χ0n) is 33.1. The molecule has 7 atom stereocenters. The summed E-state index contributed by atoms with van der Waals surface area (Å²) in [5, 5.41) is 18.1. The van der Waals surface area contributed by atoms with Crippen LogP contribution >= 0.6 is 11.3 Å². The number of carbonyl (C=O) groups excluding carboxylic acids is 4. The van der Waals surface area contributed by atoms with Gasteiger partial charge in [0.15, 0.2) is 6.10 Å². The van der Waals surface area contributed by atoms with Gasteiger partial charge < -0.3 is 31.1 Å². The van der Waals surface area contributed by atoms with Crippen molar-refractivity contribution in [3.05, 3.63) is 45.4 Å². The number of carboxylic acids is 1. The third-order valence-electron chi connectivity index (χ3n) is 11.6. The van der Waals surface area contributed by atoms with E-state index in [1.165, 1.54) is 18.3 Å². The van der Waals surface area contributed by atoms with Crippen molar-refractivity contribution in [3.63, 3.8) is 0 Å². The van der Waals surface area contributed by atoms with Gasteiger partial charge in [-0.3, -0.25) is 28.9 Å². The number of aliphatic carboxylic acids is 1. The molecular weight excluding hydrogens is 709 g/mol. The highest BCUT2D eigenvalue weighted by Crippen LogP contribution is 2.35. The van der Waals surface area contributed by atoms with E-state index in [0.29, 0.717) is 42.1 Å². The van der Waals surface area contributed by atoms with Crippen LogP contribution in [0.4, 0.5) is 5.69 Å². The van der Waals surface area contributed by atoms with Crippen LogP contribution < -0.4 is 16.4 Å². The molecule has 1 aliphatic heterocycles. The van der Waals surface area contributed by atoms with Crippen LogP contribution in [0.5, 0.6) is 0 Å². The summed E-state index contributed by atoms with van der Waals surface area (Å²) in [5.74, 6) is -3.26. The minimum atomic E-state index is -0.986. The Bertz CT molecular complexity index is 1660. The number of esters is 1. The fourth-order valence-corrected chi connectivity index (χ4v) is 9.00. The standard InChI is InChI=1S/C40H60N6O7S/c1-9-24(6)34(44-39(52)40(10-2)16-12-13-17-45(40)8)37(49)46(11-3)32(23(4)5)21-33(53-25(7)47)36-43-31(22-54-36)35(48)42-28-18-26-14-15-27(41)19-29(26)30(20-28)38(50)51/h14-15,19,22-24,28,30,32-34H,9-13,16-18,20-21,41H2,1-8H3,(H,42,48)(H,44,52)(H,50,51)/t24-,28-,30+,32+,33+,34-,40?/m0/s1. The van der Waals surface area contributed by atoms with Crippen molar-refractivity contribution in [1.29, 1.82) is 0 Å². The number of likely N-dealkylation sites (N-methyl/N-ethyl adjacent to an activating group) is 2. The number of nitrogen functional groups attached to an aromatic ring is 1. The minimum absolute atomic E-state index is 0.0545. The predicted molar refractivity (Wildman–Crippen MR) is 209 cm³/mol. The SMILES string of the molecule is CC[C@H](C)[C@H](NC(=O)C1(CC)CCCCN1C)C(=O)N(CC)[C@H](C[C@@H](OC(C)=O)c1nc(C(=O)N[C@H]2Cc3ccc(N)cc3[C@H](C(=O)O)C2)cs1)C(C)C. The average molecular weight is 769 g/mol. The number of hydrogen-bond donors (Lipinski definition) is 4. The lowest BCUT2D eigenvalue weighted by molar-refractivity contribution is -0.150. The van der Waals surface area contributed by atoms with Crippen LogP contribution in [0.25, 0.3) is 0 Å². The van der Waals surface area contributed by atoms with E-state index in [2.05, 4.69) is 20.5 Å². The first-order chi connectivity index (χ1) is 25.6. The number of carboxylic acid groups (broad SMARTS) is 1. The van der Waals surface area contributed by atoms with Crippen molar-refractivity contribution in [1.82, 2.24) is 25.4 Å². The van der Waals surface area contributed by atoms with Crippen LogP contribution in [-0.2, 0) is 30.3 Å². The molecule has 0 radical (unpaired) electrons. The molecule has 1 aliphatic carbocycles. The maximum atomic E-state index is 14.6. The van der Waals surface area contributed by atoms with Gasteiger partial charge >= 0.3 is 11.9 Å². The lowest BCUT2D eigenvalue weighted by Gasteiger charge is -2.45. The Hall–Kier alpha value is -4.04. The highest BCUT2D eigenvalue weighted by Gasteiger charge is 2.45. The van der Waals surface area contributed by atoms with Gasteiger partial charge in [-0.2, -0.15) is 0 Å². The zero-order valence-corrected chi connectivity index (χ0v) is 34.0. The van der Waals surface area contributed by atoms with Gasteiger partial charge in [0.25, 0.3) is 5.91 Å². The van der Waals surface area contributed by atoms with Gasteiger partial charge in [-0.05, 0) is 94.1 Å². The number of anilines is 1. The Kier molecular flexibility index (Phi) is 14.7. The molecule has 5 N–H and O–H groups in total. The molecule has 298 valence electrons. The molecule has 1 aromatic carbocycles. The van der Waals surface area contributed by atoms with Crippen molar-refractivity contribution in [2.75, 3.05) is 25.9 Å². The molecular formula is C40H60N6O7S. The molecule has 4 rings (SSSR count). The van der Waals surface area contributed by atoms with E-state index in [4.69, 9.17) is 10.5 Å². The second-order valence-electron chi connectivity index (χ2n) is 15.4. The molecule has 0 saturated carbocycles. The second kappa shape index (κ2) is 18.5. The van der Waals surface area contributed by atoms with E-state index in [1.54, 1.807) is 28.5 Å². The van der Waals surface area contributed by atoms with Crippen LogP contribution in [0.15, 0.2) is 23.6 Å². The molecule has 1 fully saturated rings. The van der Waals surface area contributed by atoms with Gasteiger partial charge in [-0.1, -0.05) is 47.1 Å². The van der Waals surface area contributed by atoms with E-state index in [1.807, 2.05) is 48.6 Å². The van der Waals surface area contributed by atoms with E-state index < -0.39 is 53.5 Å². The Morgan fingerprint density at radius 2 is 1.87 bits per heavy atom. The van der Waals surface area contributed by atoms with Crippen molar-refractivity contribution in [2.45, 2.75) is 136 Å². The van der Waals surface area contributed by atoms with E-state index in [0.717, 1.165) is 31.4 Å². The number of nitrogens with two attached hydrogens (primary N) is 1. The number of amides is 3. The molecule has 0 spiro atoms. The molecule has 2 heterocycles. The van der Waals surface area contributed by atoms with Gasteiger partial charge in [-0.25, -0.2) is 4.98 Å². The lowest BCUT2D eigenvalue weighted by Crippen LogP contribution is -2.64. The number of benzene rings is 1. The molecule has 3 amide bonds. The second-order valence-corrected chi connectivity index (χ2v) is 16.3. The van der Waals surface area contributed by atoms with E-state index in [-0.39, 0.29) is 42.2 Å². The van der Waals surface area contributed by atoms with Crippen LogP contribution in [0.1, 0.15) is 132 Å². The number of nitrogens with zero attached hydrogens (tertiary/aromatic N) is 3. The number of fused-ring (bicyclic) bond motifs is 1. The summed E-state index contributed by atoms with van der Waals surface area (Å²) in [4.78, 5) is 75.2. The van der Waals surface area contributed by atoms with Crippen LogP contribution in [0.2, 0.25) is 0 Å². The van der Waals surface area contributed by atoms with Gasteiger partial charge in [0, 0.05) is 43.0 Å². The van der Waals surface area contributed by atoms with Gasteiger partial charge in [-0.15, -0.1) is 11.3 Å². The monoisotopic (exact) mass is 768 g/mol. The number of likely N-dealkylation sites (tertiary alicyclic amines) is 1. The Labute approximate surface area is 323 Å². The summed E-state index contributed by atoms with van der Waals surface area (Å²) in [5.41, 5.74) is 7.36. The van der Waals surface area contributed by atoms with Crippen molar-refractivity contribution < 1.29 is 33.8 Å². The minimum Gasteiger partial charge on any atom is -0.481 e. The Morgan fingerprint density at radius 3 is 2.46 bits per heavy atom. The molecule has 1 unspecified atom stereocenters. The number of rotatable bonds is 16. The number of thiazole rings is 1. The molecule has 14 heteroatoms. The van der Waals surface area contributed by atoms with Crippen LogP contribution in [-0.4, -0.2) is 93.4 Å². The summed E-state index contributed by atoms with van der Waals surface area (Å²) in [6.07, 6.45) is 4.11. The molecule has 1 aromatic heterocycles. The Balaban J connectivity index is 1.55. The van der Waals surface area contributed by atoms with E-state index in [9.17, 15) is 29.1 Å². The molecule has 1 saturated heterocycles. The highest BCUT2D eigenvalue weighted by molar-refractivity contribution is 7.09. The number of piperidine rings is 1. The predicted octanol–water partition coefficient (Wildman–Crippen LogP) is 5.30. The number of nitrogens with one attached hydrogen (secondary N) is 2. The maximum absolute atomic E-state index is 14.6. The number of hydrogen-bond acceptors (Lipinski definition) is 10. The lowest BCUT2D eigenvalue weighted by atomic mass is 9.80. The smallest absolute Gasteiger partial charge is 0.311 e. The summed E-state index contributed by atoms with van der Waals surface area (Å²) >= 11 is 1.19. The fourth-order valence-electron chi connectivity index (χ4n) is 8.16. The largest absolute Gasteiger partial charge is 0.481 e. The van der Waals surface area contributed by atoms with Crippen LogP contribution in [0.3, 0.4) is 0 Å². The maximum Gasteiger partial charge on any atom is 0.311 e. The van der Waals surface area contributed by atoms with Crippen LogP contribution in [0, 0.1) is 11.8 Å². The zero-order chi connectivity index (χ0) is 39.9. The number of carbonyl (C=O) groups is 5. The average Bonchev–Trinajstić information content (AvgIpc) is 3.63. The number of aromatic nitrogens is 1. The molecule has 54 heavy (non-hydrogen) atoms. The summed E-state index contributed by atoms with van der Waals surface area (Å²) in [7, 11) is 1.99. The topological polar surface area (TPSA) is 184 Å². The molecule has 0 bridgehead atoms. The third kappa shape index (κ3) is 9.60. The van der Waals surface area contributed by atoms with Crippen molar-refractivity contribution >= 4 is 46.7 Å². The first kappa shape index (κ1) is 42.7. The summed E-state index contributed by atoms with van der Waals surface area (Å²) in [6.45, 7) is 14.5. The normalized spacial score (nSPS) is 22.3. The van der Waals surface area contributed by atoms with Crippen molar-refractivity contribution in [3.8, 4) is 0 Å². The first-order valence-electron chi connectivity index (χ1n) is 19.4. The summed E-state index contributed by atoms with van der Waals surface area (Å²) in [6, 6.07) is 3.63. The summed E-state index contributed by atoms with van der Waals surface area (Å²) < 4.78 is 5.82.